The van der Waals surface area contributed by atoms with E-state index in [1.165, 1.54) is 25.3 Å². The van der Waals surface area contributed by atoms with Crippen LogP contribution in [0.15, 0.2) is 0 Å². The Morgan fingerprint density at radius 2 is 1.93 bits per heavy atom. The van der Waals surface area contributed by atoms with Crippen molar-refractivity contribution in [2.24, 2.45) is 5.92 Å². The standard InChI is InChI=1S/C11H26O2Si2/c1-14(2)13-15(3,4)9-5-8-12-10-11-6-7-11/h11,14H,5-10H2,1-4H3. The lowest BCUT2D eigenvalue weighted by molar-refractivity contribution is 0.124. The fourth-order valence-electron chi connectivity index (χ4n) is 1.83. The Labute approximate surface area is 97.2 Å². The second-order valence-corrected chi connectivity index (χ2v) is 12.6. The van der Waals surface area contributed by atoms with Gasteiger partial charge in [-0.15, -0.1) is 0 Å². The van der Waals surface area contributed by atoms with Crippen LogP contribution < -0.4 is 0 Å². The smallest absolute Gasteiger partial charge is 0.173 e. The molecule has 2 nitrogen and oxygen atoms in total. The summed E-state index contributed by atoms with van der Waals surface area (Å²) in [7, 11) is -2.19. The Bertz CT molecular complexity index is 179. The first-order chi connectivity index (χ1) is 6.99. The van der Waals surface area contributed by atoms with Gasteiger partial charge in [-0.05, 0) is 57.4 Å². The van der Waals surface area contributed by atoms with Crippen LogP contribution in [0.2, 0.25) is 32.2 Å². The molecule has 0 radical (unpaired) electrons. The second kappa shape index (κ2) is 6.18. The number of rotatable bonds is 8. The number of hydrogen-bond acceptors (Lipinski definition) is 2. The summed E-state index contributed by atoms with van der Waals surface area (Å²) in [5.74, 6) is 0.898. The number of ether oxygens (including phenoxy) is 1. The molecule has 15 heavy (non-hydrogen) atoms. The molecule has 1 rings (SSSR count). The predicted octanol–water partition coefficient (Wildman–Crippen LogP) is 3.01. The van der Waals surface area contributed by atoms with Gasteiger partial charge in [0, 0.05) is 13.2 Å². The molecule has 0 N–H and O–H groups in total. The Balaban J connectivity index is 1.96. The van der Waals surface area contributed by atoms with Crippen molar-refractivity contribution in [1.82, 2.24) is 0 Å². The summed E-state index contributed by atoms with van der Waals surface area (Å²) >= 11 is 0. The van der Waals surface area contributed by atoms with E-state index in [9.17, 15) is 0 Å². The van der Waals surface area contributed by atoms with Crippen LogP contribution in [0.3, 0.4) is 0 Å². The highest BCUT2D eigenvalue weighted by molar-refractivity contribution is 6.77. The minimum absolute atomic E-state index is 0.840. The van der Waals surface area contributed by atoms with Crippen molar-refractivity contribution in [2.45, 2.75) is 51.5 Å². The lowest BCUT2D eigenvalue weighted by atomic mass is 10.4. The van der Waals surface area contributed by atoms with Gasteiger partial charge in [0.2, 0.25) is 0 Å². The molecule has 1 aliphatic rings. The molecule has 1 fully saturated rings. The van der Waals surface area contributed by atoms with Crippen molar-refractivity contribution in [2.75, 3.05) is 13.2 Å². The summed E-state index contributed by atoms with van der Waals surface area (Å²) in [5.41, 5.74) is 0. The van der Waals surface area contributed by atoms with E-state index in [-0.39, 0.29) is 0 Å². The monoisotopic (exact) mass is 246 g/mol. The maximum absolute atomic E-state index is 6.10. The molecule has 0 aromatic rings. The van der Waals surface area contributed by atoms with E-state index in [0.29, 0.717) is 0 Å². The third-order valence-electron chi connectivity index (χ3n) is 2.67. The molecule has 0 aliphatic heterocycles. The summed E-state index contributed by atoms with van der Waals surface area (Å²) in [6.07, 6.45) is 3.97. The van der Waals surface area contributed by atoms with Crippen LogP contribution in [0.4, 0.5) is 0 Å². The van der Waals surface area contributed by atoms with Gasteiger partial charge in [0.15, 0.2) is 17.4 Å². The molecular formula is C11H26O2Si2. The first-order valence-electron chi connectivity index (χ1n) is 6.25. The van der Waals surface area contributed by atoms with E-state index >= 15 is 0 Å². The van der Waals surface area contributed by atoms with Crippen molar-refractivity contribution in [3.63, 3.8) is 0 Å². The predicted molar refractivity (Wildman–Crippen MR) is 70.4 cm³/mol. The van der Waals surface area contributed by atoms with Gasteiger partial charge >= 0.3 is 0 Å². The van der Waals surface area contributed by atoms with Crippen LogP contribution in [-0.2, 0) is 8.85 Å². The van der Waals surface area contributed by atoms with Crippen LogP contribution in [0, 0.1) is 5.92 Å². The summed E-state index contributed by atoms with van der Waals surface area (Å²) in [6.45, 7) is 11.1. The lowest BCUT2D eigenvalue weighted by Gasteiger charge is -2.25. The minimum Gasteiger partial charge on any atom is -0.458 e. The fourth-order valence-corrected chi connectivity index (χ4v) is 8.40. The Morgan fingerprint density at radius 1 is 1.27 bits per heavy atom. The molecule has 0 aromatic heterocycles. The molecular weight excluding hydrogens is 220 g/mol. The van der Waals surface area contributed by atoms with Crippen LogP contribution in [-0.4, -0.2) is 30.6 Å². The molecule has 0 saturated heterocycles. The van der Waals surface area contributed by atoms with Gasteiger partial charge in [-0.25, -0.2) is 0 Å². The topological polar surface area (TPSA) is 18.5 Å². The van der Waals surface area contributed by atoms with Crippen LogP contribution in [0.5, 0.6) is 0 Å². The van der Waals surface area contributed by atoms with Gasteiger partial charge < -0.3 is 8.85 Å². The molecule has 0 unspecified atom stereocenters. The number of hydrogen-bond donors (Lipinski definition) is 0. The molecule has 0 spiro atoms. The zero-order valence-corrected chi connectivity index (χ0v) is 12.9. The lowest BCUT2D eigenvalue weighted by Crippen LogP contribution is -2.35. The molecule has 0 amide bonds. The van der Waals surface area contributed by atoms with Crippen molar-refractivity contribution in [3.8, 4) is 0 Å². The average Bonchev–Trinajstić information content (AvgIpc) is 2.84. The Morgan fingerprint density at radius 3 is 2.47 bits per heavy atom. The third kappa shape index (κ3) is 7.27. The average molecular weight is 246 g/mol. The molecule has 0 aromatic carbocycles. The highest BCUT2D eigenvalue weighted by Gasteiger charge is 2.23. The normalized spacial score (nSPS) is 17.4. The van der Waals surface area contributed by atoms with E-state index in [2.05, 4.69) is 26.2 Å². The van der Waals surface area contributed by atoms with Gasteiger partial charge in [0.25, 0.3) is 0 Å². The van der Waals surface area contributed by atoms with Crippen molar-refractivity contribution < 1.29 is 8.85 Å². The van der Waals surface area contributed by atoms with Crippen molar-refractivity contribution in [1.29, 1.82) is 0 Å². The minimum atomic E-state index is -1.35. The summed E-state index contributed by atoms with van der Waals surface area (Å²) in [5, 5.41) is 0. The van der Waals surface area contributed by atoms with E-state index in [1.807, 2.05) is 0 Å². The SMILES string of the molecule is C[SiH](C)O[Si](C)(C)CCCOCC1CC1. The summed E-state index contributed by atoms with van der Waals surface area (Å²) in [4.78, 5) is 0. The first kappa shape index (κ1) is 13.4. The van der Waals surface area contributed by atoms with Crippen molar-refractivity contribution >= 4 is 17.4 Å². The largest absolute Gasteiger partial charge is 0.458 e. The second-order valence-electron chi connectivity index (χ2n) is 5.55. The van der Waals surface area contributed by atoms with Crippen LogP contribution >= 0.6 is 0 Å². The highest BCUT2D eigenvalue weighted by atomic mass is 28.4. The van der Waals surface area contributed by atoms with E-state index in [4.69, 9.17) is 8.85 Å². The van der Waals surface area contributed by atoms with Gasteiger partial charge in [-0.2, -0.15) is 0 Å². The third-order valence-corrected chi connectivity index (χ3v) is 8.67. The quantitative estimate of drug-likeness (QED) is 0.484. The molecule has 0 atom stereocenters. The van der Waals surface area contributed by atoms with E-state index in [1.54, 1.807) is 0 Å². The zero-order chi connectivity index (χ0) is 11.3. The zero-order valence-electron chi connectivity index (χ0n) is 10.7. The summed E-state index contributed by atoms with van der Waals surface area (Å²) < 4.78 is 11.7. The van der Waals surface area contributed by atoms with Gasteiger partial charge in [-0.3, -0.25) is 0 Å². The molecule has 0 bridgehead atoms. The molecule has 1 aliphatic carbocycles. The first-order valence-corrected chi connectivity index (χ1v) is 12.1. The highest BCUT2D eigenvalue weighted by Crippen LogP contribution is 2.28. The molecule has 90 valence electrons. The Hall–Kier alpha value is 0.354. The molecule has 4 heteroatoms. The van der Waals surface area contributed by atoms with Crippen molar-refractivity contribution in [3.05, 3.63) is 0 Å². The van der Waals surface area contributed by atoms with Crippen LogP contribution in [0.25, 0.3) is 0 Å². The molecule has 1 saturated carbocycles. The maximum Gasteiger partial charge on any atom is 0.173 e. The van der Waals surface area contributed by atoms with Gasteiger partial charge in [-0.1, -0.05) is 0 Å². The maximum atomic E-state index is 6.10. The van der Waals surface area contributed by atoms with Gasteiger partial charge in [0.1, 0.15) is 0 Å². The Kier molecular flexibility index (Phi) is 5.53. The summed E-state index contributed by atoms with van der Waals surface area (Å²) in [6, 6.07) is 1.25. The van der Waals surface area contributed by atoms with E-state index < -0.39 is 17.4 Å². The van der Waals surface area contributed by atoms with Gasteiger partial charge in [0.05, 0.1) is 0 Å². The van der Waals surface area contributed by atoms with E-state index in [0.717, 1.165) is 19.1 Å². The molecule has 0 heterocycles. The van der Waals surface area contributed by atoms with Crippen LogP contribution in [0.1, 0.15) is 19.3 Å². The fraction of sp³-hybridized carbons (Fsp3) is 1.00.